The number of nitrogen functional groups attached to an aromatic ring is 1. The molecular formula is C33H35Cl3F2N6O3. The number of ether oxygens (including phenoxy) is 2. The molecule has 0 radical (unpaired) electrons. The lowest BCUT2D eigenvalue weighted by Gasteiger charge is -2.34. The molecule has 2 aliphatic rings. The van der Waals surface area contributed by atoms with Crippen molar-refractivity contribution in [3.63, 3.8) is 0 Å². The van der Waals surface area contributed by atoms with Gasteiger partial charge in [0.15, 0.2) is 11.6 Å². The Morgan fingerprint density at radius 1 is 1.02 bits per heavy atom. The summed E-state index contributed by atoms with van der Waals surface area (Å²) in [4.78, 5) is 21.1. The van der Waals surface area contributed by atoms with E-state index < -0.39 is 11.9 Å². The number of likely N-dealkylation sites (tertiary alicyclic amines) is 1. The molecule has 2 saturated heterocycles. The Bertz CT molecular complexity index is 1640. The van der Waals surface area contributed by atoms with Crippen LogP contribution in [-0.2, 0) is 9.53 Å². The van der Waals surface area contributed by atoms with Crippen LogP contribution in [0.15, 0.2) is 61.1 Å². The highest BCUT2D eigenvalue weighted by Crippen LogP contribution is 2.37. The number of pyridine rings is 1. The fourth-order valence-electron chi connectivity index (χ4n) is 5.42. The van der Waals surface area contributed by atoms with Gasteiger partial charge in [0.1, 0.15) is 17.7 Å². The quantitative estimate of drug-likeness (QED) is 0.205. The van der Waals surface area contributed by atoms with E-state index in [0.29, 0.717) is 54.2 Å². The van der Waals surface area contributed by atoms with Crippen molar-refractivity contribution in [3.05, 3.63) is 93.3 Å². The number of nitrogens with two attached hydrogens (primary N) is 1. The van der Waals surface area contributed by atoms with Crippen molar-refractivity contribution in [2.24, 2.45) is 0 Å². The summed E-state index contributed by atoms with van der Waals surface area (Å²) in [5.41, 5.74) is 8.04. The number of anilines is 1. The van der Waals surface area contributed by atoms with E-state index in [2.05, 4.69) is 15.0 Å². The van der Waals surface area contributed by atoms with Crippen molar-refractivity contribution >= 4 is 46.5 Å². The molecule has 2 aromatic carbocycles. The molecule has 1 atom stereocenters. The summed E-state index contributed by atoms with van der Waals surface area (Å²) in [5.74, 6) is -0.139. The van der Waals surface area contributed by atoms with Crippen molar-refractivity contribution in [1.82, 2.24) is 24.6 Å². The molecule has 14 heteroatoms. The Labute approximate surface area is 287 Å². The van der Waals surface area contributed by atoms with E-state index in [0.717, 1.165) is 37.1 Å². The van der Waals surface area contributed by atoms with Gasteiger partial charge in [0.2, 0.25) is 5.91 Å². The van der Waals surface area contributed by atoms with E-state index in [1.54, 1.807) is 25.4 Å². The van der Waals surface area contributed by atoms with Gasteiger partial charge in [-0.25, -0.2) is 13.8 Å². The molecular weight excluding hydrogens is 673 g/mol. The van der Waals surface area contributed by atoms with Gasteiger partial charge in [0.25, 0.3) is 0 Å². The zero-order valence-corrected chi connectivity index (χ0v) is 28.0. The maximum absolute atomic E-state index is 14.0. The summed E-state index contributed by atoms with van der Waals surface area (Å²) < 4.78 is 39.4. The molecule has 0 aliphatic carbocycles. The fraction of sp³-hybridized carbons (Fsp3) is 0.364. The number of hydrogen-bond donors (Lipinski definition) is 1. The topological polar surface area (TPSA) is 98.7 Å². The van der Waals surface area contributed by atoms with Crippen LogP contribution < -0.4 is 10.5 Å². The maximum Gasteiger partial charge on any atom is 0.236 e. The Kier molecular flexibility index (Phi) is 11.9. The SMILES string of the molecule is CC(Oc1cc(-c2cnn(C3CCN(C(=O)CN4CCOCC4)CC3)c2)cnc1N)c1c(Cl)ccc(F)c1Cl.Fc1ccc(Cl)cc1. The van der Waals surface area contributed by atoms with E-state index in [-0.39, 0.29) is 28.6 Å². The molecule has 2 aromatic heterocycles. The minimum Gasteiger partial charge on any atom is -0.482 e. The first-order valence-corrected chi connectivity index (χ1v) is 16.3. The fourth-order valence-corrected chi connectivity index (χ4v) is 6.22. The lowest BCUT2D eigenvalue weighted by molar-refractivity contribution is -0.134. The van der Waals surface area contributed by atoms with Gasteiger partial charge in [-0.3, -0.25) is 14.4 Å². The predicted molar refractivity (Wildman–Crippen MR) is 179 cm³/mol. The van der Waals surface area contributed by atoms with Crippen LogP contribution in [-0.4, -0.2) is 76.4 Å². The number of morpholine rings is 1. The van der Waals surface area contributed by atoms with Crippen LogP contribution in [0.2, 0.25) is 15.1 Å². The highest BCUT2D eigenvalue weighted by atomic mass is 35.5. The van der Waals surface area contributed by atoms with Gasteiger partial charge in [-0.15, -0.1) is 0 Å². The van der Waals surface area contributed by atoms with Gasteiger partial charge in [0.05, 0.1) is 37.0 Å². The van der Waals surface area contributed by atoms with Crippen LogP contribution in [0.3, 0.4) is 0 Å². The zero-order valence-electron chi connectivity index (χ0n) is 25.7. The van der Waals surface area contributed by atoms with Crippen molar-refractivity contribution in [2.45, 2.75) is 31.9 Å². The first kappa shape index (κ1) is 34.8. The second kappa shape index (κ2) is 16.1. The van der Waals surface area contributed by atoms with E-state index in [1.165, 1.54) is 36.4 Å². The molecule has 1 unspecified atom stereocenters. The van der Waals surface area contributed by atoms with Gasteiger partial charge in [-0.1, -0.05) is 34.8 Å². The number of halogens is 5. The summed E-state index contributed by atoms with van der Waals surface area (Å²) in [6, 6.07) is 10.3. The monoisotopic (exact) mass is 706 g/mol. The molecule has 4 aromatic rings. The number of benzene rings is 2. The van der Waals surface area contributed by atoms with Crippen molar-refractivity contribution in [3.8, 4) is 16.9 Å². The molecule has 47 heavy (non-hydrogen) atoms. The maximum atomic E-state index is 14.0. The average molecular weight is 708 g/mol. The number of piperidine rings is 1. The second-order valence-electron chi connectivity index (χ2n) is 11.3. The van der Waals surface area contributed by atoms with E-state index in [9.17, 15) is 13.6 Å². The van der Waals surface area contributed by atoms with Crippen LogP contribution >= 0.6 is 34.8 Å². The van der Waals surface area contributed by atoms with Crippen LogP contribution in [0.25, 0.3) is 11.1 Å². The summed E-state index contributed by atoms with van der Waals surface area (Å²) in [6.45, 7) is 6.54. The number of carbonyl (C=O) groups is 1. The first-order valence-electron chi connectivity index (χ1n) is 15.2. The van der Waals surface area contributed by atoms with Crippen molar-refractivity contribution in [2.75, 3.05) is 51.7 Å². The number of aromatic nitrogens is 3. The number of carbonyl (C=O) groups excluding carboxylic acids is 1. The van der Waals surface area contributed by atoms with E-state index >= 15 is 0 Å². The van der Waals surface area contributed by atoms with Crippen molar-refractivity contribution < 1.29 is 23.0 Å². The average Bonchev–Trinajstić information content (AvgIpc) is 3.57. The Hall–Kier alpha value is -3.48. The van der Waals surface area contributed by atoms with Crippen LogP contribution in [0.5, 0.6) is 5.75 Å². The molecule has 9 nitrogen and oxygen atoms in total. The highest BCUT2D eigenvalue weighted by molar-refractivity contribution is 6.36. The summed E-state index contributed by atoms with van der Waals surface area (Å²) in [6.07, 6.45) is 6.39. The Morgan fingerprint density at radius 2 is 1.72 bits per heavy atom. The minimum absolute atomic E-state index is 0.0900. The number of amides is 1. The molecule has 2 fully saturated rings. The molecule has 4 heterocycles. The molecule has 0 bridgehead atoms. The molecule has 0 spiro atoms. The zero-order chi connectivity index (χ0) is 33.5. The van der Waals surface area contributed by atoms with Crippen LogP contribution in [0, 0.1) is 11.6 Å². The molecule has 250 valence electrons. The number of nitrogens with zero attached hydrogens (tertiary/aromatic N) is 5. The van der Waals surface area contributed by atoms with Gasteiger partial charge < -0.3 is 20.1 Å². The summed E-state index contributed by atoms with van der Waals surface area (Å²) in [5, 5.41) is 5.36. The first-order chi connectivity index (χ1) is 22.6. The normalized spacial score (nSPS) is 16.3. The Balaban J connectivity index is 0.000000474. The standard InChI is InChI=1S/C27H31Cl2FN6O3.C6H4ClF/c1-17(25-21(28)2-3-22(30)26(25)29)39-23-12-18(13-32-27(23)31)19-14-33-36(15-19)20-4-6-35(7-5-20)24(37)16-34-8-10-38-11-9-34;7-5-1-3-6(8)4-2-5/h2-3,12-15,17,20H,4-11,16H2,1H3,(H2,31,32);1-4H. The molecule has 6 rings (SSSR count). The van der Waals surface area contributed by atoms with E-state index in [4.69, 9.17) is 50.0 Å². The van der Waals surface area contributed by atoms with Crippen molar-refractivity contribution in [1.29, 1.82) is 0 Å². The van der Waals surface area contributed by atoms with Gasteiger partial charge in [-0.05, 0) is 62.2 Å². The number of hydrogen-bond acceptors (Lipinski definition) is 7. The third-order valence-corrected chi connectivity index (χ3v) is 9.03. The minimum atomic E-state index is -0.668. The molecule has 2 N–H and O–H groups in total. The van der Waals surface area contributed by atoms with Crippen LogP contribution in [0.1, 0.15) is 37.5 Å². The van der Waals surface area contributed by atoms with E-state index in [1.807, 2.05) is 15.8 Å². The summed E-state index contributed by atoms with van der Waals surface area (Å²) in [7, 11) is 0. The number of rotatable bonds is 7. The summed E-state index contributed by atoms with van der Waals surface area (Å²) >= 11 is 17.9. The largest absolute Gasteiger partial charge is 0.482 e. The second-order valence-corrected chi connectivity index (χ2v) is 12.5. The third kappa shape index (κ3) is 9.11. The van der Waals surface area contributed by atoms with Gasteiger partial charge in [-0.2, -0.15) is 5.10 Å². The molecule has 0 saturated carbocycles. The van der Waals surface area contributed by atoms with Crippen LogP contribution in [0.4, 0.5) is 14.6 Å². The van der Waals surface area contributed by atoms with Gasteiger partial charge >= 0.3 is 0 Å². The highest BCUT2D eigenvalue weighted by Gasteiger charge is 2.26. The van der Waals surface area contributed by atoms with Gasteiger partial charge in [0, 0.05) is 65.3 Å². The smallest absolute Gasteiger partial charge is 0.236 e. The molecule has 2 aliphatic heterocycles. The predicted octanol–water partition coefficient (Wildman–Crippen LogP) is 7.09. The Morgan fingerprint density at radius 3 is 2.40 bits per heavy atom. The lowest BCUT2D eigenvalue weighted by atomic mass is 10.0. The molecule has 1 amide bonds. The lowest BCUT2D eigenvalue weighted by Crippen LogP contribution is -2.47. The third-order valence-electron chi connectivity index (χ3n) is 8.06.